The minimum absolute atomic E-state index is 0. The molecule has 0 aliphatic carbocycles. The summed E-state index contributed by atoms with van der Waals surface area (Å²) in [4.78, 5) is 12.3. The van der Waals surface area contributed by atoms with Crippen LogP contribution in [0.5, 0.6) is 0 Å². The Labute approximate surface area is 187 Å². The van der Waals surface area contributed by atoms with Gasteiger partial charge in [-0.1, -0.05) is 0 Å². The molecular formula is C20H29FIN5S. The molecule has 1 aliphatic rings. The number of guanidine groups is 1. The van der Waals surface area contributed by atoms with Gasteiger partial charge in [-0.15, -0.1) is 35.3 Å². The zero-order chi connectivity index (χ0) is 19.2. The van der Waals surface area contributed by atoms with E-state index < -0.39 is 0 Å². The van der Waals surface area contributed by atoms with Gasteiger partial charge in [-0.2, -0.15) is 0 Å². The summed E-state index contributed by atoms with van der Waals surface area (Å²) >= 11 is 1.74. The van der Waals surface area contributed by atoms with Crippen molar-refractivity contribution in [1.82, 2.24) is 15.6 Å². The molecule has 8 heteroatoms. The number of hydrogen-bond acceptors (Lipinski definition) is 4. The summed E-state index contributed by atoms with van der Waals surface area (Å²) < 4.78 is 13.4. The number of hydrogen-bond donors (Lipinski definition) is 2. The lowest BCUT2D eigenvalue weighted by atomic mass is 10.0. The van der Waals surface area contributed by atoms with Crippen LogP contribution in [0.3, 0.4) is 0 Å². The first-order valence-electron chi connectivity index (χ1n) is 9.44. The minimum atomic E-state index is -0.178. The van der Waals surface area contributed by atoms with Crippen molar-refractivity contribution in [2.45, 2.75) is 39.2 Å². The molecule has 0 radical (unpaired) electrons. The minimum Gasteiger partial charge on any atom is -0.369 e. The van der Waals surface area contributed by atoms with Crippen molar-refractivity contribution in [2.24, 2.45) is 4.99 Å². The Morgan fingerprint density at radius 3 is 2.89 bits per heavy atom. The van der Waals surface area contributed by atoms with E-state index >= 15 is 0 Å². The number of nitrogens with one attached hydrogen (secondary N) is 2. The molecule has 0 saturated carbocycles. The molecule has 1 aromatic carbocycles. The van der Waals surface area contributed by atoms with Gasteiger partial charge in [0.05, 0.1) is 5.01 Å². The Hall–Kier alpha value is -1.42. The Bertz CT molecular complexity index is 795. The van der Waals surface area contributed by atoms with Crippen LogP contribution in [0.2, 0.25) is 0 Å². The number of halogens is 2. The van der Waals surface area contributed by atoms with Gasteiger partial charge in [0.2, 0.25) is 0 Å². The third kappa shape index (κ3) is 6.30. The van der Waals surface area contributed by atoms with Crippen molar-refractivity contribution in [2.75, 3.05) is 31.6 Å². The average molecular weight is 517 g/mol. The van der Waals surface area contributed by atoms with E-state index in [9.17, 15) is 4.39 Å². The van der Waals surface area contributed by atoms with Gasteiger partial charge < -0.3 is 15.5 Å². The molecule has 2 heterocycles. The molecular weight excluding hydrogens is 488 g/mol. The first kappa shape index (κ1) is 22.9. The fourth-order valence-corrected chi connectivity index (χ4v) is 4.27. The molecule has 1 unspecified atom stereocenters. The van der Waals surface area contributed by atoms with Gasteiger partial charge in [0.15, 0.2) is 5.96 Å². The molecule has 1 aromatic heterocycles. The summed E-state index contributed by atoms with van der Waals surface area (Å²) in [6.07, 6.45) is 5.01. The zero-order valence-electron chi connectivity index (χ0n) is 16.7. The molecule has 0 spiro atoms. The standard InChI is InChI=1S/C20H28FN5S.HI/c1-14-11-16(21)6-7-18(14)26-10-4-5-17(13-26)25-20(22-3)23-9-8-19-24-12-15(2)27-19;/h6-7,11-12,17H,4-5,8-10,13H2,1-3H3,(H2,22,23,25);1H. The molecule has 28 heavy (non-hydrogen) atoms. The molecule has 2 aromatic rings. The molecule has 3 rings (SSSR count). The van der Waals surface area contributed by atoms with Gasteiger partial charge in [-0.25, -0.2) is 9.37 Å². The highest BCUT2D eigenvalue weighted by molar-refractivity contribution is 14.0. The third-order valence-corrected chi connectivity index (χ3v) is 5.76. The van der Waals surface area contributed by atoms with Crippen molar-refractivity contribution >= 4 is 47.0 Å². The van der Waals surface area contributed by atoms with Crippen LogP contribution in [0.15, 0.2) is 29.4 Å². The smallest absolute Gasteiger partial charge is 0.191 e. The van der Waals surface area contributed by atoms with E-state index in [-0.39, 0.29) is 29.8 Å². The number of aliphatic imine (C=N–C) groups is 1. The van der Waals surface area contributed by atoms with Crippen molar-refractivity contribution in [3.63, 3.8) is 0 Å². The normalized spacial score (nSPS) is 17.2. The molecule has 154 valence electrons. The van der Waals surface area contributed by atoms with Crippen molar-refractivity contribution in [3.05, 3.63) is 45.7 Å². The first-order chi connectivity index (χ1) is 13.0. The first-order valence-corrected chi connectivity index (χ1v) is 10.3. The maximum absolute atomic E-state index is 13.4. The topological polar surface area (TPSA) is 52.6 Å². The van der Waals surface area contributed by atoms with Gasteiger partial charge in [0.25, 0.3) is 0 Å². The number of anilines is 1. The molecule has 0 bridgehead atoms. The van der Waals surface area contributed by atoms with Crippen LogP contribution in [0.1, 0.15) is 28.3 Å². The van der Waals surface area contributed by atoms with Crippen LogP contribution in [0.4, 0.5) is 10.1 Å². The summed E-state index contributed by atoms with van der Waals surface area (Å²) in [5.74, 6) is 0.647. The second-order valence-electron chi connectivity index (χ2n) is 6.97. The van der Waals surface area contributed by atoms with Crippen molar-refractivity contribution in [3.8, 4) is 0 Å². The van der Waals surface area contributed by atoms with E-state index in [0.717, 1.165) is 61.1 Å². The number of thiazole rings is 1. The van der Waals surface area contributed by atoms with E-state index in [1.54, 1.807) is 30.5 Å². The van der Waals surface area contributed by atoms with Crippen LogP contribution >= 0.6 is 35.3 Å². The van der Waals surface area contributed by atoms with Gasteiger partial charge >= 0.3 is 0 Å². The van der Waals surface area contributed by atoms with E-state index in [2.05, 4.69) is 32.4 Å². The second-order valence-corrected chi connectivity index (χ2v) is 8.29. The van der Waals surface area contributed by atoms with Gasteiger partial charge in [-0.05, 0) is 50.5 Å². The molecule has 2 N–H and O–H groups in total. The summed E-state index contributed by atoms with van der Waals surface area (Å²) in [5, 5.41) is 8.06. The maximum Gasteiger partial charge on any atom is 0.191 e. The summed E-state index contributed by atoms with van der Waals surface area (Å²) in [5.41, 5.74) is 2.10. The van der Waals surface area contributed by atoms with E-state index in [4.69, 9.17) is 0 Å². The molecule has 0 amide bonds. The van der Waals surface area contributed by atoms with E-state index in [1.165, 1.54) is 4.88 Å². The maximum atomic E-state index is 13.4. The fourth-order valence-electron chi connectivity index (χ4n) is 3.48. The highest BCUT2D eigenvalue weighted by atomic mass is 127. The average Bonchev–Trinajstić information content (AvgIpc) is 3.06. The highest BCUT2D eigenvalue weighted by Gasteiger charge is 2.22. The molecule has 1 atom stereocenters. The van der Waals surface area contributed by atoms with Gasteiger partial charge in [-0.3, -0.25) is 4.99 Å². The predicted molar refractivity (Wildman–Crippen MR) is 127 cm³/mol. The van der Waals surface area contributed by atoms with Gasteiger partial charge in [0, 0.05) is 55.9 Å². The summed E-state index contributed by atoms with van der Waals surface area (Å²) in [6.45, 7) is 6.74. The summed E-state index contributed by atoms with van der Waals surface area (Å²) in [7, 11) is 1.80. The number of benzene rings is 1. The fraction of sp³-hybridized carbons (Fsp3) is 0.500. The molecule has 5 nitrogen and oxygen atoms in total. The number of rotatable bonds is 5. The zero-order valence-corrected chi connectivity index (χ0v) is 19.8. The van der Waals surface area contributed by atoms with E-state index in [0.29, 0.717) is 6.04 Å². The van der Waals surface area contributed by atoms with Crippen LogP contribution in [-0.2, 0) is 6.42 Å². The van der Waals surface area contributed by atoms with E-state index in [1.807, 2.05) is 19.2 Å². The summed E-state index contributed by atoms with van der Waals surface area (Å²) in [6, 6.07) is 5.35. The predicted octanol–water partition coefficient (Wildman–Crippen LogP) is 3.89. The lowest BCUT2D eigenvalue weighted by Crippen LogP contribution is -2.51. The van der Waals surface area contributed by atoms with Gasteiger partial charge in [0.1, 0.15) is 5.82 Å². The SMILES string of the molecule is CN=C(NCCc1ncc(C)s1)NC1CCCN(c2ccc(F)cc2C)C1.I. The lowest BCUT2D eigenvalue weighted by Gasteiger charge is -2.36. The Kier molecular flexibility index (Phi) is 8.94. The molecule has 1 saturated heterocycles. The molecule has 1 fully saturated rings. The molecule has 1 aliphatic heterocycles. The lowest BCUT2D eigenvalue weighted by molar-refractivity contribution is 0.467. The van der Waals surface area contributed by atoms with Crippen LogP contribution in [-0.4, -0.2) is 43.7 Å². The monoisotopic (exact) mass is 517 g/mol. The number of nitrogens with zero attached hydrogens (tertiary/aromatic N) is 3. The Morgan fingerprint density at radius 2 is 2.21 bits per heavy atom. The quantitative estimate of drug-likeness (QED) is 0.359. The Morgan fingerprint density at radius 1 is 1.39 bits per heavy atom. The van der Waals surface area contributed by atoms with Crippen molar-refractivity contribution in [1.29, 1.82) is 0 Å². The Balaban J connectivity index is 0.00000280. The number of aromatic nitrogens is 1. The van der Waals surface area contributed by atoms with Crippen molar-refractivity contribution < 1.29 is 4.39 Å². The number of aryl methyl sites for hydroxylation is 2. The van der Waals surface area contributed by atoms with Crippen LogP contribution < -0.4 is 15.5 Å². The second kappa shape index (κ2) is 10.9. The number of piperidine rings is 1. The van der Waals surface area contributed by atoms with Crippen LogP contribution in [0.25, 0.3) is 0 Å². The third-order valence-electron chi connectivity index (χ3n) is 4.79. The van der Waals surface area contributed by atoms with Crippen LogP contribution in [0, 0.1) is 19.7 Å². The largest absolute Gasteiger partial charge is 0.369 e. The highest BCUT2D eigenvalue weighted by Crippen LogP contribution is 2.24.